The van der Waals surface area contributed by atoms with E-state index >= 15 is 0 Å². The Morgan fingerprint density at radius 3 is 1.14 bits per heavy atom. The number of rotatable bonds is 6. The highest BCUT2D eigenvalue weighted by atomic mass is 16.5. The summed E-state index contributed by atoms with van der Waals surface area (Å²) in [6.07, 6.45) is 0. The lowest BCUT2D eigenvalue weighted by molar-refractivity contribution is 0.162. The molecule has 0 saturated carbocycles. The van der Waals surface area contributed by atoms with E-state index in [-0.39, 0.29) is 6.03 Å². The van der Waals surface area contributed by atoms with Gasteiger partial charge in [-0.2, -0.15) is 0 Å². The third kappa shape index (κ3) is 19.2. The largest absolute Gasteiger partial charge is 0.382 e. The van der Waals surface area contributed by atoms with Gasteiger partial charge in [0, 0.05) is 40.4 Å². The molecule has 0 heterocycles. The standard InChI is InChI=1S/C7H16N2O.C5H13N.C4H10O/c1-5-8(3)7(10)9(4)6-2;1-4-6(3)5-2;1-3-5-4-2/h5-6H2,1-4H3;4-5H2,1-3H3;3-4H2,1-2H3. The van der Waals surface area contributed by atoms with E-state index in [0.717, 1.165) is 39.4 Å². The number of carbonyl (C=O) groups excluding carboxylic acids is 1. The Labute approximate surface area is 133 Å². The van der Waals surface area contributed by atoms with Crippen molar-refractivity contribution >= 4 is 6.03 Å². The van der Waals surface area contributed by atoms with Gasteiger partial charge in [0.25, 0.3) is 0 Å². The molecule has 0 aliphatic heterocycles. The van der Waals surface area contributed by atoms with Crippen molar-refractivity contribution in [1.29, 1.82) is 0 Å². The highest BCUT2D eigenvalue weighted by Crippen LogP contribution is 1.91. The lowest BCUT2D eigenvalue weighted by atomic mass is 10.6. The molecule has 21 heavy (non-hydrogen) atoms. The van der Waals surface area contributed by atoms with Gasteiger partial charge in [-0.1, -0.05) is 13.8 Å². The minimum Gasteiger partial charge on any atom is -0.382 e. The second kappa shape index (κ2) is 19.2. The van der Waals surface area contributed by atoms with Crippen molar-refractivity contribution in [2.24, 2.45) is 0 Å². The van der Waals surface area contributed by atoms with Crippen molar-refractivity contribution in [3.63, 3.8) is 0 Å². The Bertz CT molecular complexity index is 196. The molecule has 0 aliphatic carbocycles. The van der Waals surface area contributed by atoms with Crippen LogP contribution in [0.25, 0.3) is 0 Å². The third-order valence-electron chi connectivity index (χ3n) is 3.09. The van der Waals surface area contributed by atoms with Gasteiger partial charge in [0.1, 0.15) is 0 Å². The Morgan fingerprint density at radius 1 is 0.714 bits per heavy atom. The second-order valence-electron chi connectivity index (χ2n) is 4.58. The van der Waals surface area contributed by atoms with Gasteiger partial charge in [0.2, 0.25) is 0 Å². The lowest BCUT2D eigenvalue weighted by Crippen LogP contribution is -2.38. The first-order chi connectivity index (χ1) is 9.85. The average molecular weight is 306 g/mol. The number of nitrogens with zero attached hydrogens (tertiary/aromatic N) is 3. The van der Waals surface area contributed by atoms with Gasteiger partial charge in [-0.05, 0) is 47.8 Å². The van der Waals surface area contributed by atoms with E-state index in [0.29, 0.717) is 0 Å². The molecule has 0 bridgehead atoms. The summed E-state index contributed by atoms with van der Waals surface area (Å²) in [7, 11) is 5.71. The SMILES string of the molecule is CCN(C)C(=O)N(C)CC.CCN(C)CC.CCOCC. The molecule has 2 amide bonds. The average Bonchev–Trinajstić information content (AvgIpc) is 2.53. The predicted molar refractivity (Wildman–Crippen MR) is 93.0 cm³/mol. The first-order valence-corrected chi connectivity index (χ1v) is 8.08. The zero-order valence-electron chi connectivity index (χ0n) is 15.9. The number of urea groups is 1. The fourth-order valence-corrected chi connectivity index (χ4v) is 0.990. The van der Waals surface area contributed by atoms with Gasteiger partial charge >= 0.3 is 6.03 Å². The highest BCUT2D eigenvalue weighted by molar-refractivity contribution is 5.73. The molecule has 0 N–H and O–H groups in total. The molecule has 5 nitrogen and oxygen atoms in total. The molecule has 0 saturated heterocycles. The minimum atomic E-state index is 0.0880. The summed E-state index contributed by atoms with van der Waals surface area (Å²) in [5.41, 5.74) is 0. The van der Waals surface area contributed by atoms with Gasteiger partial charge in [-0.25, -0.2) is 4.79 Å². The van der Waals surface area contributed by atoms with Crippen LogP contribution in [0, 0.1) is 0 Å². The molecule has 0 radical (unpaired) electrons. The van der Waals surface area contributed by atoms with Crippen LogP contribution < -0.4 is 0 Å². The lowest BCUT2D eigenvalue weighted by Gasteiger charge is -2.22. The maximum absolute atomic E-state index is 11.2. The summed E-state index contributed by atoms with van der Waals surface area (Å²) in [5, 5.41) is 0. The van der Waals surface area contributed by atoms with Crippen LogP contribution in [0.1, 0.15) is 41.5 Å². The van der Waals surface area contributed by atoms with Gasteiger partial charge in [0.05, 0.1) is 0 Å². The highest BCUT2D eigenvalue weighted by Gasteiger charge is 2.08. The monoisotopic (exact) mass is 305 g/mol. The third-order valence-corrected chi connectivity index (χ3v) is 3.09. The number of ether oxygens (including phenoxy) is 1. The van der Waals surface area contributed by atoms with Crippen LogP contribution in [0.4, 0.5) is 4.79 Å². The Hall–Kier alpha value is -0.810. The zero-order chi connectivity index (χ0) is 17.3. The van der Waals surface area contributed by atoms with E-state index in [1.807, 2.05) is 27.7 Å². The number of hydrogen-bond acceptors (Lipinski definition) is 3. The Kier molecular flexibility index (Phi) is 23.0. The van der Waals surface area contributed by atoms with E-state index in [9.17, 15) is 4.79 Å². The molecular weight excluding hydrogens is 266 g/mol. The van der Waals surface area contributed by atoms with Crippen LogP contribution in [-0.4, -0.2) is 81.3 Å². The van der Waals surface area contributed by atoms with E-state index < -0.39 is 0 Å². The molecule has 0 aromatic heterocycles. The van der Waals surface area contributed by atoms with Gasteiger partial charge < -0.3 is 19.4 Å². The van der Waals surface area contributed by atoms with Crippen molar-refractivity contribution in [2.75, 3.05) is 60.5 Å². The summed E-state index contributed by atoms with van der Waals surface area (Å²) in [6.45, 7) is 17.8. The van der Waals surface area contributed by atoms with Crippen LogP contribution in [-0.2, 0) is 4.74 Å². The van der Waals surface area contributed by atoms with Gasteiger partial charge in [-0.3, -0.25) is 0 Å². The molecule has 0 rings (SSSR count). The summed E-state index contributed by atoms with van der Waals surface area (Å²) in [5.74, 6) is 0. The van der Waals surface area contributed by atoms with E-state index in [2.05, 4.69) is 25.8 Å². The van der Waals surface area contributed by atoms with Crippen molar-refractivity contribution in [3.05, 3.63) is 0 Å². The number of hydrogen-bond donors (Lipinski definition) is 0. The topological polar surface area (TPSA) is 36.0 Å². The molecule has 130 valence electrons. The van der Waals surface area contributed by atoms with E-state index in [1.54, 1.807) is 23.9 Å². The maximum Gasteiger partial charge on any atom is 0.319 e. The molecular formula is C16H39N3O2. The van der Waals surface area contributed by atoms with Gasteiger partial charge in [-0.15, -0.1) is 0 Å². The first kappa shape index (κ1) is 25.2. The van der Waals surface area contributed by atoms with Crippen molar-refractivity contribution < 1.29 is 9.53 Å². The van der Waals surface area contributed by atoms with Crippen LogP contribution in [0.3, 0.4) is 0 Å². The molecule has 5 heteroatoms. The fraction of sp³-hybridized carbons (Fsp3) is 0.938. The molecule has 0 fully saturated rings. The van der Waals surface area contributed by atoms with E-state index in [4.69, 9.17) is 4.74 Å². The van der Waals surface area contributed by atoms with Crippen molar-refractivity contribution in [3.8, 4) is 0 Å². The molecule has 0 aromatic rings. The summed E-state index contributed by atoms with van der Waals surface area (Å²) in [6, 6.07) is 0.0880. The quantitative estimate of drug-likeness (QED) is 0.757. The fourth-order valence-electron chi connectivity index (χ4n) is 0.990. The summed E-state index contributed by atoms with van der Waals surface area (Å²) in [4.78, 5) is 16.8. The smallest absolute Gasteiger partial charge is 0.319 e. The zero-order valence-corrected chi connectivity index (χ0v) is 15.9. The van der Waals surface area contributed by atoms with E-state index in [1.165, 1.54) is 0 Å². The number of carbonyl (C=O) groups is 1. The van der Waals surface area contributed by atoms with Crippen molar-refractivity contribution in [2.45, 2.75) is 41.5 Å². The van der Waals surface area contributed by atoms with Crippen molar-refractivity contribution in [1.82, 2.24) is 14.7 Å². The predicted octanol–water partition coefficient (Wildman–Crippen LogP) is 3.01. The van der Waals surface area contributed by atoms with Crippen LogP contribution in [0.5, 0.6) is 0 Å². The normalized spacial score (nSPS) is 9.24. The minimum absolute atomic E-state index is 0.0880. The molecule has 0 aliphatic rings. The van der Waals surface area contributed by atoms with Gasteiger partial charge in [0.15, 0.2) is 0 Å². The van der Waals surface area contributed by atoms with Crippen LogP contribution in [0.15, 0.2) is 0 Å². The molecule has 0 aromatic carbocycles. The molecule has 0 atom stereocenters. The van der Waals surface area contributed by atoms with Crippen LogP contribution >= 0.6 is 0 Å². The summed E-state index contributed by atoms with van der Waals surface area (Å²) >= 11 is 0. The maximum atomic E-state index is 11.2. The Morgan fingerprint density at radius 2 is 1.05 bits per heavy atom. The Balaban J connectivity index is -0.000000252. The molecule has 0 unspecified atom stereocenters. The summed E-state index contributed by atoms with van der Waals surface area (Å²) < 4.78 is 4.83. The first-order valence-electron chi connectivity index (χ1n) is 8.08. The molecule has 0 spiro atoms. The van der Waals surface area contributed by atoms with Crippen LogP contribution in [0.2, 0.25) is 0 Å². The second-order valence-corrected chi connectivity index (χ2v) is 4.58. The number of amides is 2.